The van der Waals surface area contributed by atoms with Gasteiger partial charge >= 0.3 is 0 Å². The van der Waals surface area contributed by atoms with Gasteiger partial charge in [0.15, 0.2) is 5.78 Å². The summed E-state index contributed by atoms with van der Waals surface area (Å²) in [4.78, 5) is 22.1. The number of hydrogen-bond donors (Lipinski definition) is 2. The van der Waals surface area contributed by atoms with Crippen molar-refractivity contribution in [1.82, 2.24) is 0 Å². The lowest BCUT2D eigenvalue weighted by Gasteiger charge is -2.31. The number of nitrogens with one attached hydrogen (secondary N) is 1. The van der Waals surface area contributed by atoms with Crippen molar-refractivity contribution in [2.75, 3.05) is 5.32 Å². The largest absolute Gasteiger partial charge is 0.388 e. The highest BCUT2D eigenvalue weighted by Gasteiger charge is 2.54. The summed E-state index contributed by atoms with van der Waals surface area (Å²) >= 11 is 6.02. The van der Waals surface area contributed by atoms with Gasteiger partial charge in [-0.15, -0.1) is 0 Å². The first-order valence-corrected chi connectivity index (χ1v) is 6.95. The Morgan fingerprint density at radius 1 is 1.48 bits per heavy atom. The molecule has 0 amide bonds. The average molecular weight is 313 g/mol. The van der Waals surface area contributed by atoms with Gasteiger partial charge in [-0.25, -0.2) is 0 Å². The van der Waals surface area contributed by atoms with Crippen LogP contribution in [0.15, 0.2) is 12.1 Å². The second-order valence-corrected chi connectivity index (χ2v) is 6.34. The molecular weight excluding hydrogens is 296 g/mol. The summed E-state index contributed by atoms with van der Waals surface area (Å²) in [6.45, 7) is 4.62. The highest BCUT2D eigenvalue weighted by molar-refractivity contribution is 6.34. The van der Waals surface area contributed by atoms with E-state index in [-0.39, 0.29) is 27.7 Å². The van der Waals surface area contributed by atoms with Crippen LogP contribution in [0.4, 0.5) is 11.4 Å². The van der Waals surface area contributed by atoms with Crippen LogP contribution >= 0.6 is 11.6 Å². The fraction of sp³-hybridized carbons (Fsp3) is 0.500. The predicted molar refractivity (Wildman–Crippen MR) is 80.0 cm³/mol. The van der Waals surface area contributed by atoms with Gasteiger partial charge in [-0.3, -0.25) is 14.9 Å². The lowest BCUT2D eigenvalue weighted by atomic mass is 9.95. The van der Waals surface area contributed by atoms with Crippen LogP contribution in [0, 0.1) is 10.1 Å². The molecule has 0 aliphatic heterocycles. The van der Waals surface area contributed by atoms with Crippen molar-refractivity contribution in [2.45, 2.75) is 44.8 Å². The molecule has 0 spiro atoms. The molecule has 114 valence electrons. The van der Waals surface area contributed by atoms with E-state index in [0.29, 0.717) is 12.8 Å². The minimum absolute atomic E-state index is 0.113. The fourth-order valence-electron chi connectivity index (χ4n) is 2.36. The van der Waals surface area contributed by atoms with E-state index in [0.717, 1.165) is 0 Å². The number of hydrogen-bond acceptors (Lipinski definition) is 5. The topological polar surface area (TPSA) is 92.5 Å². The maximum Gasteiger partial charge on any atom is 0.293 e. The maximum absolute atomic E-state index is 11.4. The Morgan fingerprint density at radius 2 is 2.05 bits per heavy atom. The van der Waals surface area contributed by atoms with Gasteiger partial charge in [0.1, 0.15) is 5.69 Å². The van der Waals surface area contributed by atoms with Crippen LogP contribution < -0.4 is 5.32 Å². The summed E-state index contributed by atoms with van der Waals surface area (Å²) in [6, 6.07) is 2.55. The number of halogens is 1. The molecule has 0 radical (unpaired) electrons. The van der Waals surface area contributed by atoms with Gasteiger partial charge in [-0.2, -0.15) is 0 Å². The number of nitrogens with zero attached hydrogens (tertiary/aromatic N) is 1. The molecule has 21 heavy (non-hydrogen) atoms. The first-order chi connectivity index (χ1) is 9.57. The monoisotopic (exact) mass is 312 g/mol. The second-order valence-electron chi connectivity index (χ2n) is 5.93. The zero-order valence-electron chi connectivity index (χ0n) is 12.1. The van der Waals surface area contributed by atoms with E-state index >= 15 is 0 Å². The summed E-state index contributed by atoms with van der Waals surface area (Å²) in [6.07, 6.45) is 1.42. The summed E-state index contributed by atoms with van der Waals surface area (Å²) < 4.78 is 0. The fourth-order valence-corrected chi connectivity index (χ4v) is 2.65. The lowest BCUT2D eigenvalue weighted by molar-refractivity contribution is -0.384. The molecule has 1 aromatic carbocycles. The average Bonchev–Trinajstić information content (AvgIpc) is 3.08. The normalized spacial score (nSPS) is 16.4. The highest BCUT2D eigenvalue weighted by Crippen LogP contribution is 2.49. The predicted octanol–water partition coefficient (Wildman–Crippen LogP) is 3.17. The number of carbonyl (C=O) groups is 1. The van der Waals surface area contributed by atoms with Gasteiger partial charge < -0.3 is 10.4 Å². The lowest BCUT2D eigenvalue weighted by Crippen LogP contribution is -2.44. The quantitative estimate of drug-likeness (QED) is 0.495. The van der Waals surface area contributed by atoms with Gasteiger partial charge in [0.05, 0.1) is 21.1 Å². The Morgan fingerprint density at radius 3 is 2.43 bits per heavy atom. The number of ketones is 1. The summed E-state index contributed by atoms with van der Waals surface area (Å²) in [7, 11) is 0. The van der Waals surface area contributed by atoms with Crippen LogP contribution in [-0.4, -0.2) is 27.0 Å². The number of rotatable bonds is 5. The standard InChI is InChI=1S/C14H17ClN2O4/c1-8(18)9-6-12(17(20)21)11(7-10(9)15)16-14(4-5-14)13(2,3)19/h6-7,16,19H,4-5H2,1-3H3. The number of Topliss-reactive ketones (excluding diaryl/α,β-unsaturated/α-hetero) is 1. The Labute approximate surface area is 127 Å². The Kier molecular flexibility index (Phi) is 3.71. The third-order valence-corrected chi connectivity index (χ3v) is 4.27. The van der Waals surface area contributed by atoms with E-state index in [1.807, 2.05) is 0 Å². The third-order valence-electron chi connectivity index (χ3n) is 3.96. The molecule has 1 fully saturated rings. The van der Waals surface area contributed by atoms with E-state index in [1.165, 1.54) is 19.1 Å². The van der Waals surface area contributed by atoms with Gasteiger partial charge in [0.25, 0.3) is 5.69 Å². The number of aliphatic hydroxyl groups is 1. The van der Waals surface area contributed by atoms with Gasteiger partial charge in [0, 0.05) is 11.6 Å². The van der Waals surface area contributed by atoms with Crippen LogP contribution in [0.5, 0.6) is 0 Å². The molecule has 1 saturated carbocycles. The number of anilines is 1. The molecule has 6 nitrogen and oxygen atoms in total. The molecule has 0 bridgehead atoms. The van der Waals surface area contributed by atoms with E-state index in [1.54, 1.807) is 13.8 Å². The van der Waals surface area contributed by atoms with Crippen LogP contribution in [0.2, 0.25) is 5.02 Å². The van der Waals surface area contributed by atoms with Gasteiger partial charge in [0.2, 0.25) is 0 Å². The highest BCUT2D eigenvalue weighted by atomic mass is 35.5. The smallest absolute Gasteiger partial charge is 0.293 e. The van der Waals surface area contributed by atoms with E-state index in [2.05, 4.69) is 5.32 Å². The molecule has 2 N–H and O–H groups in total. The first kappa shape index (κ1) is 15.7. The second kappa shape index (κ2) is 4.96. The van der Waals surface area contributed by atoms with Crippen molar-refractivity contribution < 1.29 is 14.8 Å². The minimum atomic E-state index is -1.02. The van der Waals surface area contributed by atoms with Crippen molar-refractivity contribution in [3.63, 3.8) is 0 Å². The molecule has 0 atom stereocenters. The first-order valence-electron chi connectivity index (χ1n) is 6.57. The van der Waals surface area contributed by atoms with E-state index in [9.17, 15) is 20.0 Å². The van der Waals surface area contributed by atoms with Crippen molar-refractivity contribution in [1.29, 1.82) is 0 Å². The molecule has 0 saturated heterocycles. The molecular formula is C14H17ClN2O4. The van der Waals surface area contributed by atoms with Gasteiger partial charge in [-0.05, 0) is 39.7 Å². The zero-order valence-corrected chi connectivity index (χ0v) is 12.8. The van der Waals surface area contributed by atoms with Crippen LogP contribution in [0.25, 0.3) is 0 Å². The molecule has 1 aromatic rings. The molecule has 0 unspecified atom stereocenters. The van der Waals surface area contributed by atoms with Crippen molar-refractivity contribution in [3.05, 3.63) is 32.8 Å². The number of carbonyl (C=O) groups excluding carboxylic acids is 1. The van der Waals surface area contributed by atoms with Gasteiger partial charge in [-0.1, -0.05) is 11.6 Å². The summed E-state index contributed by atoms with van der Waals surface area (Å²) in [5.74, 6) is -0.335. The number of benzene rings is 1. The molecule has 0 heterocycles. The number of nitro groups is 1. The van der Waals surface area contributed by atoms with E-state index in [4.69, 9.17) is 11.6 Å². The summed E-state index contributed by atoms with van der Waals surface area (Å²) in [5.41, 5.74) is -1.51. The SMILES string of the molecule is CC(=O)c1cc([N+](=O)[O-])c(NC2(C(C)(C)O)CC2)cc1Cl. The van der Waals surface area contributed by atoms with E-state index < -0.39 is 16.1 Å². The Hall–Kier alpha value is -1.66. The van der Waals surface area contributed by atoms with Crippen molar-refractivity contribution in [2.24, 2.45) is 0 Å². The minimum Gasteiger partial charge on any atom is -0.388 e. The third kappa shape index (κ3) is 2.87. The van der Waals surface area contributed by atoms with Crippen LogP contribution in [-0.2, 0) is 0 Å². The zero-order chi connectivity index (χ0) is 16.0. The van der Waals surface area contributed by atoms with Crippen LogP contribution in [0.1, 0.15) is 44.0 Å². The Balaban J connectivity index is 2.47. The summed E-state index contributed by atoms with van der Waals surface area (Å²) in [5, 5.41) is 24.6. The number of nitro benzene ring substituents is 1. The Bertz CT molecular complexity index is 618. The van der Waals surface area contributed by atoms with Crippen LogP contribution in [0.3, 0.4) is 0 Å². The molecule has 1 aliphatic carbocycles. The maximum atomic E-state index is 11.4. The van der Waals surface area contributed by atoms with Crippen molar-refractivity contribution >= 4 is 28.8 Å². The molecule has 1 aliphatic rings. The molecule has 7 heteroatoms. The molecule has 2 rings (SSSR count). The van der Waals surface area contributed by atoms with Crippen molar-refractivity contribution in [3.8, 4) is 0 Å². The molecule has 0 aromatic heterocycles.